The zero-order chi connectivity index (χ0) is 10.7. The van der Waals surface area contributed by atoms with Gasteiger partial charge in [0.1, 0.15) is 0 Å². The molecule has 1 saturated heterocycles. The molecule has 1 heterocycles. The molecule has 1 N–H and O–H groups in total. The standard InChI is InChI=1S/C13H26N2/c1-3-15(9-6-12-4-5-12)11-13(2)7-8-14-10-13/h12,14H,3-11H2,1-2H3. The molecule has 2 nitrogen and oxygen atoms in total. The molecule has 0 aromatic heterocycles. The average Bonchev–Trinajstić information content (AvgIpc) is 2.96. The van der Waals surface area contributed by atoms with E-state index in [2.05, 4.69) is 24.1 Å². The monoisotopic (exact) mass is 210 g/mol. The number of rotatable bonds is 6. The van der Waals surface area contributed by atoms with Crippen LogP contribution in [0.3, 0.4) is 0 Å². The van der Waals surface area contributed by atoms with E-state index in [0.717, 1.165) is 5.92 Å². The minimum absolute atomic E-state index is 0.541. The minimum atomic E-state index is 0.541. The number of hydrogen-bond acceptors (Lipinski definition) is 2. The Morgan fingerprint density at radius 1 is 1.40 bits per heavy atom. The predicted molar refractivity (Wildman–Crippen MR) is 65.0 cm³/mol. The maximum absolute atomic E-state index is 3.49. The van der Waals surface area contributed by atoms with Crippen molar-refractivity contribution in [1.82, 2.24) is 10.2 Å². The Morgan fingerprint density at radius 3 is 2.73 bits per heavy atom. The van der Waals surface area contributed by atoms with Crippen LogP contribution in [-0.4, -0.2) is 37.6 Å². The van der Waals surface area contributed by atoms with Crippen molar-refractivity contribution in [2.24, 2.45) is 11.3 Å². The Labute approximate surface area is 94.4 Å². The van der Waals surface area contributed by atoms with Gasteiger partial charge in [-0.15, -0.1) is 0 Å². The van der Waals surface area contributed by atoms with E-state index in [1.54, 1.807) is 0 Å². The van der Waals surface area contributed by atoms with Gasteiger partial charge in [-0.05, 0) is 43.8 Å². The fraction of sp³-hybridized carbons (Fsp3) is 1.00. The van der Waals surface area contributed by atoms with Crippen molar-refractivity contribution < 1.29 is 0 Å². The van der Waals surface area contributed by atoms with Gasteiger partial charge in [-0.3, -0.25) is 0 Å². The highest BCUT2D eigenvalue weighted by Gasteiger charge is 2.30. The Morgan fingerprint density at radius 2 is 2.20 bits per heavy atom. The lowest BCUT2D eigenvalue weighted by atomic mass is 9.89. The SMILES string of the molecule is CCN(CCC1CC1)CC1(C)CCNC1. The summed E-state index contributed by atoms with van der Waals surface area (Å²) in [6.45, 7) is 11.0. The third-order valence-electron chi connectivity index (χ3n) is 4.06. The fourth-order valence-electron chi connectivity index (χ4n) is 2.66. The van der Waals surface area contributed by atoms with Crippen LogP contribution in [0, 0.1) is 11.3 Å². The van der Waals surface area contributed by atoms with Crippen LogP contribution in [0.15, 0.2) is 0 Å². The molecule has 2 fully saturated rings. The van der Waals surface area contributed by atoms with Gasteiger partial charge in [0.2, 0.25) is 0 Å². The van der Waals surface area contributed by atoms with E-state index in [4.69, 9.17) is 0 Å². The van der Waals surface area contributed by atoms with Gasteiger partial charge >= 0.3 is 0 Å². The lowest BCUT2D eigenvalue weighted by Gasteiger charge is -2.31. The molecule has 1 aliphatic carbocycles. The molecule has 0 bridgehead atoms. The predicted octanol–water partition coefficient (Wildman–Crippen LogP) is 2.11. The summed E-state index contributed by atoms with van der Waals surface area (Å²) in [5, 5.41) is 3.49. The second-order valence-corrected chi connectivity index (χ2v) is 5.84. The number of nitrogens with one attached hydrogen (secondary N) is 1. The summed E-state index contributed by atoms with van der Waals surface area (Å²) in [5.41, 5.74) is 0.541. The Hall–Kier alpha value is -0.0800. The summed E-state index contributed by atoms with van der Waals surface area (Å²) >= 11 is 0. The van der Waals surface area contributed by atoms with Crippen LogP contribution in [0.5, 0.6) is 0 Å². The van der Waals surface area contributed by atoms with Crippen LogP contribution in [0.4, 0.5) is 0 Å². The van der Waals surface area contributed by atoms with Gasteiger partial charge in [-0.2, -0.15) is 0 Å². The smallest absolute Gasteiger partial charge is 0.00478 e. The van der Waals surface area contributed by atoms with Crippen LogP contribution in [0.1, 0.15) is 39.5 Å². The third kappa shape index (κ3) is 3.46. The molecule has 1 atom stereocenters. The summed E-state index contributed by atoms with van der Waals surface area (Å²) in [6, 6.07) is 0. The second kappa shape index (κ2) is 4.84. The number of nitrogens with zero attached hydrogens (tertiary/aromatic N) is 1. The van der Waals surface area contributed by atoms with Gasteiger partial charge in [-0.25, -0.2) is 0 Å². The molecule has 0 aromatic rings. The van der Waals surface area contributed by atoms with E-state index in [1.807, 2.05) is 0 Å². The van der Waals surface area contributed by atoms with E-state index >= 15 is 0 Å². The van der Waals surface area contributed by atoms with Gasteiger partial charge in [0.25, 0.3) is 0 Å². The van der Waals surface area contributed by atoms with Crippen LogP contribution >= 0.6 is 0 Å². The van der Waals surface area contributed by atoms with Gasteiger partial charge < -0.3 is 10.2 Å². The first-order chi connectivity index (χ1) is 7.22. The Kier molecular flexibility index (Phi) is 3.68. The zero-order valence-electron chi connectivity index (χ0n) is 10.4. The van der Waals surface area contributed by atoms with E-state index in [1.165, 1.54) is 58.4 Å². The largest absolute Gasteiger partial charge is 0.316 e. The van der Waals surface area contributed by atoms with Crippen LogP contribution < -0.4 is 5.32 Å². The molecule has 15 heavy (non-hydrogen) atoms. The van der Waals surface area contributed by atoms with Crippen LogP contribution in [-0.2, 0) is 0 Å². The molecule has 2 rings (SSSR count). The topological polar surface area (TPSA) is 15.3 Å². The Balaban J connectivity index is 1.72. The molecule has 1 aliphatic heterocycles. The summed E-state index contributed by atoms with van der Waals surface area (Å²) in [4.78, 5) is 2.66. The first kappa shape index (κ1) is 11.4. The third-order valence-corrected chi connectivity index (χ3v) is 4.06. The summed E-state index contributed by atoms with van der Waals surface area (Å²) in [7, 11) is 0. The van der Waals surface area contributed by atoms with Crippen molar-refractivity contribution in [3.63, 3.8) is 0 Å². The molecule has 1 saturated carbocycles. The van der Waals surface area contributed by atoms with E-state index < -0.39 is 0 Å². The molecule has 2 heteroatoms. The fourth-order valence-corrected chi connectivity index (χ4v) is 2.66. The molecule has 2 aliphatic rings. The van der Waals surface area contributed by atoms with Crippen molar-refractivity contribution >= 4 is 0 Å². The first-order valence-electron chi connectivity index (χ1n) is 6.65. The van der Waals surface area contributed by atoms with Gasteiger partial charge in [-0.1, -0.05) is 26.7 Å². The maximum Gasteiger partial charge on any atom is 0.00478 e. The van der Waals surface area contributed by atoms with Gasteiger partial charge in [0.05, 0.1) is 0 Å². The van der Waals surface area contributed by atoms with Crippen molar-refractivity contribution in [1.29, 1.82) is 0 Å². The summed E-state index contributed by atoms with van der Waals surface area (Å²) < 4.78 is 0. The van der Waals surface area contributed by atoms with E-state index in [-0.39, 0.29) is 0 Å². The van der Waals surface area contributed by atoms with Crippen molar-refractivity contribution in [3.8, 4) is 0 Å². The highest BCUT2D eigenvalue weighted by atomic mass is 15.1. The molecule has 0 amide bonds. The van der Waals surface area contributed by atoms with Gasteiger partial charge in [0.15, 0.2) is 0 Å². The average molecular weight is 210 g/mol. The summed E-state index contributed by atoms with van der Waals surface area (Å²) in [6.07, 6.45) is 5.79. The molecular weight excluding hydrogens is 184 g/mol. The first-order valence-corrected chi connectivity index (χ1v) is 6.65. The second-order valence-electron chi connectivity index (χ2n) is 5.84. The zero-order valence-corrected chi connectivity index (χ0v) is 10.4. The lowest BCUT2D eigenvalue weighted by Crippen LogP contribution is -2.38. The van der Waals surface area contributed by atoms with E-state index in [0.29, 0.717) is 5.41 Å². The van der Waals surface area contributed by atoms with Crippen LogP contribution in [0.25, 0.3) is 0 Å². The van der Waals surface area contributed by atoms with Crippen molar-refractivity contribution in [3.05, 3.63) is 0 Å². The quantitative estimate of drug-likeness (QED) is 0.722. The van der Waals surface area contributed by atoms with Crippen molar-refractivity contribution in [2.75, 3.05) is 32.7 Å². The van der Waals surface area contributed by atoms with E-state index in [9.17, 15) is 0 Å². The Bertz CT molecular complexity index is 193. The molecular formula is C13H26N2. The normalized spacial score (nSPS) is 31.4. The minimum Gasteiger partial charge on any atom is -0.316 e. The van der Waals surface area contributed by atoms with Crippen molar-refractivity contribution in [2.45, 2.75) is 39.5 Å². The molecule has 0 aromatic carbocycles. The maximum atomic E-state index is 3.49. The molecule has 1 unspecified atom stereocenters. The molecule has 88 valence electrons. The lowest BCUT2D eigenvalue weighted by molar-refractivity contribution is 0.180. The number of hydrogen-bond donors (Lipinski definition) is 1. The highest BCUT2D eigenvalue weighted by Crippen LogP contribution is 2.33. The van der Waals surface area contributed by atoms with Crippen LogP contribution in [0.2, 0.25) is 0 Å². The van der Waals surface area contributed by atoms with Gasteiger partial charge in [0, 0.05) is 13.1 Å². The molecule has 0 spiro atoms. The summed E-state index contributed by atoms with van der Waals surface area (Å²) in [5.74, 6) is 1.08. The highest BCUT2D eigenvalue weighted by molar-refractivity contribution is 4.87. The molecule has 0 radical (unpaired) electrons.